The molecule has 0 fully saturated rings. The molecular formula is C21H31Cl3SiTi. The summed E-state index contributed by atoms with van der Waals surface area (Å²) < 4.78 is 1.62. The van der Waals surface area contributed by atoms with Gasteiger partial charge >= 0.3 is 156 Å². The molecule has 0 aromatic heterocycles. The molecule has 26 heavy (non-hydrogen) atoms. The monoisotopic (exact) mass is 464 g/mol. The molecule has 0 nitrogen and oxygen atoms in total. The van der Waals surface area contributed by atoms with Crippen LogP contribution in [0.2, 0.25) is 17.6 Å². The molecule has 1 aromatic rings. The third-order valence-corrected chi connectivity index (χ3v) is 14.1. The van der Waals surface area contributed by atoms with E-state index in [1.165, 1.54) is 34.7 Å². The summed E-state index contributed by atoms with van der Waals surface area (Å²) in [6.45, 7) is 19.0. The van der Waals surface area contributed by atoms with Gasteiger partial charge in [-0.05, 0) is 0 Å². The smallest absolute Gasteiger partial charge is 1.00 e. The molecule has 2 atom stereocenters. The van der Waals surface area contributed by atoms with Crippen LogP contribution in [0.3, 0.4) is 0 Å². The molecule has 144 valence electrons. The zero-order chi connectivity index (χ0) is 17.6. The molecular weight excluding hydrogens is 435 g/mol. The summed E-state index contributed by atoms with van der Waals surface area (Å²) in [7, 11) is -1.70. The first-order valence-electron chi connectivity index (χ1n) is 8.79. The Labute approximate surface area is 192 Å². The third-order valence-electron chi connectivity index (χ3n) is 6.46. The molecule has 0 saturated carbocycles. The summed E-state index contributed by atoms with van der Waals surface area (Å²) in [4.78, 5) is 0. The van der Waals surface area contributed by atoms with E-state index in [1.54, 1.807) is 14.6 Å². The summed E-state index contributed by atoms with van der Waals surface area (Å²) in [6, 6.07) is 8.61. The van der Waals surface area contributed by atoms with Crippen molar-refractivity contribution in [3.63, 3.8) is 0 Å². The van der Waals surface area contributed by atoms with Gasteiger partial charge in [-0.2, -0.15) is 0 Å². The van der Waals surface area contributed by atoms with Crippen molar-refractivity contribution < 1.29 is 57.7 Å². The Bertz CT molecular complexity index is 665. The molecule has 0 radical (unpaired) electrons. The van der Waals surface area contributed by atoms with Crippen LogP contribution in [-0.2, 0) is 20.4 Å². The van der Waals surface area contributed by atoms with Gasteiger partial charge in [0.2, 0.25) is 0 Å². The molecule has 0 bridgehead atoms. The maximum atomic E-state index is 2.63. The summed E-state index contributed by atoms with van der Waals surface area (Å²) in [5.74, 6) is 0. The second-order valence-electron chi connectivity index (χ2n) is 7.83. The molecule has 1 aromatic carbocycles. The van der Waals surface area contributed by atoms with E-state index in [1.807, 2.05) is 0 Å². The predicted molar refractivity (Wildman–Crippen MR) is 102 cm³/mol. The fourth-order valence-electron chi connectivity index (χ4n) is 4.57. The number of hydrogen-bond acceptors (Lipinski definition) is 0. The summed E-state index contributed by atoms with van der Waals surface area (Å²) in [5, 5.41) is 1.89. The van der Waals surface area contributed by atoms with E-state index in [2.05, 4.69) is 93.6 Å². The molecule has 0 heterocycles. The van der Waals surface area contributed by atoms with Gasteiger partial charge in [-0.3, -0.25) is 0 Å². The van der Waals surface area contributed by atoms with E-state index in [9.17, 15) is 0 Å². The van der Waals surface area contributed by atoms with Crippen LogP contribution in [-0.4, -0.2) is 8.07 Å². The maximum Gasteiger partial charge on any atom is -1.00 e. The Hall–Kier alpha value is 0.501. The van der Waals surface area contributed by atoms with Crippen molar-refractivity contribution in [2.24, 2.45) is 0 Å². The Balaban J connectivity index is 0. The topological polar surface area (TPSA) is 0 Å². The van der Waals surface area contributed by atoms with E-state index >= 15 is 0 Å². The fourth-order valence-corrected chi connectivity index (χ4v) is 11.7. The summed E-state index contributed by atoms with van der Waals surface area (Å²) in [5.41, 5.74) is 7.50. The van der Waals surface area contributed by atoms with Gasteiger partial charge in [-0.1, -0.05) is 0 Å². The average molecular weight is 466 g/mol. The van der Waals surface area contributed by atoms with Crippen molar-refractivity contribution in [2.45, 2.75) is 72.5 Å². The van der Waals surface area contributed by atoms with E-state index in [-0.39, 0.29) is 42.3 Å². The molecule has 1 aliphatic carbocycles. The molecule has 0 spiro atoms. The van der Waals surface area contributed by atoms with Gasteiger partial charge in [0, 0.05) is 0 Å². The molecule has 0 N–H and O–H groups in total. The van der Waals surface area contributed by atoms with Crippen LogP contribution < -0.4 is 42.4 Å². The van der Waals surface area contributed by atoms with Crippen LogP contribution in [0.5, 0.6) is 0 Å². The van der Waals surface area contributed by atoms with Gasteiger partial charge in [0.25, 0.3) is 0 Å². The van der Waals surface area contributed by atoms with Gasteiger partial charge in [0.05, 0.1) is 0 Å². The van der Waals surface area contributed by atoms with Gasteiger partial charge in [0.1, 0.15) is 0 Å². The maximum absolute atomic E-state index is 2.63. The van der Waals surface area contributed by atoms with E-state index in [4.69, 9.17) is 0 Å². The van der Waals surface area contributed by atoms with E-state index in [0.29, 0.717) is 0 Å². The number of hydrogen-bond donors (Lipinski definition) is 0. The second kappa shape index (κ2) is 10.3. The second-order valence-corrected chi connectivity index (χ2v) is 13.4. The van der Waals surface area contributed by atoms with E-state index in [0.717, 1.165) is 0 Å². The molecule has 1 aliphatic rings. The molecule has 0 aliphatic heterocycles. The molecule has 5 heteroatoms. The minimum absolute atomic E-state index is 0. The van der Waals surface area contributed by atoms with Crippen molar-refractivity contribution in [3.05, 3.63) is 49.9 Å². The quantitative estimate of drug-likeness (QED) is 0.415. The van der Waals surface area contributed by atoms with E-state index < -0.39 is 8.07 Å². The van der Waals surface area contributed by atoms with Gasteiger partial charge in [-0.15, -0.1) is 0 Å². The zero-order valence-electron chi connectivity index (χ0n) is 17.3. The van der Waals surface area contributed by atoms with Gasteiger partial charge < -0.3 is 37.2 Å². The minimum Gasteiger partial charge on any atom is -1.00 e. The summed E-state index contributed by atoms with van der Waals surface area (Å²) in [6.07, 6.45) is 1.27. The predicted octanol–water partition coefficient (Wildman–Crippen LogP) is -3.06. The normalized spacial score (nSPS) is 21.6. The van der Waals surface area contributed by atoms with Crippen LogP contribution in [0, 0.1) is 13.8 Å². The first-order valence-corrected chi connectivity index (χ1v) is 12.3. The standard InChI is InChI=1S/C21H31Si.3ClH.Ti/c1-9-10-22(8,20-12-15(2)11-16(3)13-20)21(7)14-17(4)18(5)19(21)6;;;;/h11-13H,9-10H2,1-8H3;3*1H;/q;;;;+3/p-3. The van der Waals surface area contributed by atoms with Gasteiger partial charge in [0.15, 0.2) is 0 Å². The van der Waals surface area contributed by atoms with Crippen LogP contribution in [0.4, 0.5) is 0 Å². The molecule has 2 unspecified atom stereocenters. The van der Waals surface area contributed by atoms with Crippen molar-refractivity contribution in [2.75, 3.05) is 0 Å². The van der Waals surface area contributed by atoms with Crippen LogP contribution in [0.1, 0.15) is 52.2 Å². The van der Waals surface area contributed by atoms with Crippen molar-refractivity contribution >= 4 is 13.3 Å². The van der Waals surface area contributed by atoms with Crippen LogP contribution in [0.15, 0.2) is 38.8 Å². The molecule has 2 rings (SSSR count). The largest absolute Gasteiger partial charge is 1.00 e. The number of benzene rings is 1. The number of aryl methyl sites for hydroxylation is 2. The van der Waals surface area contributed by atoms with Crippen LogP contribution in [0.25, 0.3) is 0 Å². The van der Waals surface area contributed by atoms with Crippen molar-refractivity contribution in [1.82, 2.24) is 0 Å². The average Bonchev–Trinajstić information content (AvgIpc) is 2.63. The third kappa shape index (κ3) is 4.39. The zero-order valence-corrected chi connectivity index (χ0v) is 22.1. The Morgan fingerprint density at radius 3 is 1.69 bits per heavy atom. The van der Waals surface area contributed by atoms with Crippen molar-refractivity contribution in [3.8, 4) is 0 Å². The van der Waals surface area contributed by atoms with Gasteiger partial charge in [-0.25, -0.2) is 0 Å². The van der Waals surface area contributed by atoms with Crippen LogP contribution >= 0.6 is 0 Å². The Kier molecular flexibility index (Phi) is 11.4. The Morgan fingerprint density at radius 1 is 0.885 bits per heavy atom. The summed E-state index contributed by atoms with van der Waals surface area (Å²) >= 11 is 2.39. The first kappa shape index (κ1) is 28.7. The minimum atomic E-state index is -1.70. The SMILES string of the molecule is CCC[Si](C)(c1cc(C)cc(C)c1)C1(C)C(C)=C(C)C(C)=[C]1[Ti+3].[Cl-].[Cl-].[Cl-]. The van der Waals surface area contributed by atoms with Crippen molar-refractivity contribution in [1.29, 1.82) is 0 Å². The molecule has 0 saturated heterocycles. The number of allylic oxidation sites excluding steroid dienone is 4. The fraction of sp³-hybridized carbons (Fsp3) is 0.524. The number of halogens is 3. The molecule has 0 amide bonds. The number of rotatable bonds is 4. The Morgan fingerprint density at radius 2 is 1.35 bits per heavy atom. The first-order chi connectivity index (χ1) is 10.6.